The number of nitrogens with one attached hydrogen (secondary N) is 1. The molecule has 2 aromatic rings. The van der Waals surface area contributed by atoms with Crippen LogP contribution in [0, 0.1) is 5.82 Å². The van der Waals surface area contributed by atoms with Crippen molar-refractivity contribution in [3.05, 3.63) is 46.9 Å². The van der Waals surface area contributed by atoms with Crippen LogP contribution in [0.1, 0.15) is 0 Å². The van der Waals surface area contributed by atoms with E-state index in [4.69, 9.17) is 11.6 Å². The maximum absolute atomic E-state index is 13.1. The van der Waals surface area contributed by atoms with Gasteiger partial charge in [-0.2, -0.15) is 15.6 Å². The molecule has 1 saturated heterocycles. The van der Waals surface area contributed by atoms with Gasteiger partial charge in [-0.3, -0.25) is 9.59 Å². The molecule has 1 N–H and O–H groups in total. The Balaban J connectivity index is 1.88. The SMILES string of the molecule is O=C(Nc1ccc(F)cc1)[C@@H]1CN(C(=O)CCl)CCN1S(=O)(=O)c1ccsc1. The number of carbonyl (C=O) groups excluding carboxylic acids is 2. The van der Waals surface area contributed by atoms with E-state index >= 15 is 0 Å². The molecule has 2 amide bonds. The van der Waals surface area contributed by atoms with Crippen LogP contribution in [0.3, 0.4) is 0 Å². The van der Waals surface area contributed by atoms with Crippen LogP contribution in [0.25, 0.3) is 0 Å². The minimum Gasteiger partial charge on any atom is -0.338 e. The highest BCUT2D eigenvalue weighted by atomic mass is 35.5. The summed E-state index contributed by atoms with van der Waals surface area (Å²) in [5.74, 6) is -1.72. The molecule has 1 aromatic carbocycles. The van der Waals surface area contributed by atoms with Gasteiger partial charge in [0.25, 0.3) is 0 Å². The van der Waals surface area contributed by atoms with Gasteiger partial charge in [-0.1, -0.05) is 0 Å². The fraction of sp³-hybridized carbons (Fsp3) is 0.294. The number of halogens is 2. The summed E-state index contributed by atoms with van der Waals surface area (Å²) in [6.07, 6.45) is 0. The first-order valence-electron chi connectivity index (χ1n) is 8.27. The van der Waals surface area contributed by atoms with Crippen LogP contribution >= 0.6 is 22.9 Å². The van der Waals surface area contributed by atoms with Gasteiger partial charge in [0.05, 0.1) is 4.90 Å². The highest BCUT2D eigenvalue weighted by Gasteiger charge is 2.41. The molecule has 1 fully saturated rings. The van der Waals surface area contributed by atoms with Gasteiger partial charge in [0, 0.05) is 30.7 Å². The third-order valence-electron chi connectivity index (χ3n) is 4.31. The van der Waals surface area contributed by atoms with Gasteiger partial charge in [-0.15, -0.1) is 11.6 Å². The second-order valence-corrected chi connectivity index (χ2v) is 9.00. The molecule has 28 heavy (non-hydrogen) atoms. The summed E-state index contributed by atoms with van der Waals surface area (Å²) < 4.78 is 40.1. The molecule has 0 spiro atoms. The van der Waals surface area contributed by atoms with E-state index in [1.807, 2.05) is 0 Å². The number of rotatable bonds is 5. The second-order valence-electron chi connectivity index (χ2n) is 6.06. The standard InChI is InChI=1S/C17H17ClFN3O4S2/c18-9-16(23)21-6-7-22(28(25,26)14-5-8-27-11-14)15(10-21)17(24)20-13-3-1-12(19)2-4-13/h1-5,8,11,15H,6-7,9-10H2,(H,20,24)/t15-/m0/s1. The van der Waals surface area contributed by atoms with Crippen LogP contribution in [0.5, 0.6) is 0 Å². The summed E-state index contributed by atoms with van der Waals surface area (Å²) in [5, 5.41) is 5.70. The summed E-state index contributed by atoms with van der Waals surface area (Å²) >= 11 is 6.84. The lowest BCUT2D eigenvalue weighted by molar-refractivity contribution is -0.132. The molecule has 0 aliphatic carbocycles. The van der Waals surface area contributed by atoms with Gasteiger partial charge in [0.15, 0.2) is 0 Å². The monoisotopic (exact) mass is 445 g/mol. The number of nitrogens with zero attached hydrogens (tertiary/aromatic N) is 2. The molecule has 1 aromatic heterocycles. The Morgan fingerprint density at radius 2 is 1.93 bits per heavy atom. The quantitative estimate of drug-likeness (QED) is 0.713. The van der Waals surface area contributed by atoms with E-state index in [-0.39, 0.29) is 36.3 Å². The van der Waals surface area contributed by atoms with Crippen molar-refractivity contribution in [1.82, 2.24) is 9.21 Å². The fourth-order valence-electron chi connectivity index (χ4n) is 2.87. The van der Waals surface area contributed by atoms with Gasteiger partial charge < -0.3 is 10.2 Å². The Hall–Kier alpha value is -2.01. The predicted octanol–water partition coefficient (Wildman–Crippen LogP) is 1.97. The molecule has 1 atom stereocenters. The number of alkyl halides is 1. The molecule has 1 aliphatic rings. The number of piperazine rings is 1. The first-order chi connectivity index (χ1) is 13.3. The molecular weight excluding hydrogens is 429 g/mol. The van der Waals surface area contributed by atoms with E-state index < -0.39 is 27.8 Å². The molecule has 11 heteroatoms. The van der Waals surface area contributed by atoms with Crippen LogP contribution < -0.4 is 5.32 Å². The minimum atomic E-state index is -3.92. The van der Waals surface area contributed by atoms with Gasteiger partial charge in [0.2, 0.25) is 21.8 Å². The maximum Gasteiger partial charge on any atom is 0.244 e. The summed E-state index contributed by atoms with van der Waals surface area (Å²) in [6, 6.07) is 5.42. The number of anilines is 1. The fourth-order valence-corrected chi connectivity index (χ4v) is 5.63. The molecule has 0 bridgehead atoms. The summed E-state index contributed by atoms with van der Waals surface area (Å²) in [7, 11) is -3.92. The Kier molecular flexibility index (Phi) is 6.33. The third-order valence-corrected chi connectivity index (χ3v) is 7.28. The number of carbonyl (C=O) groups is 2. The van der Waals surface area contributed by atoms with Gasteiger partial charge in [-0.25, -0.2) is 12.8 Å². The molecule has 7 nitrogen and oxygen atoms in total. The van der Waals surface area contributed by atoms with E-state index in [0.29, 0.717) is 5.69 Å². The largest absolute Gasteiger partial charge is 0.338 e. The van der Waals surface area contributed by atoms with Crippen LogP contribution in [0.4, 0.5) is 10.1 Å². The van der Waals surface area contributed by atoms with E-state index in [1.165, 1.54) is 51.9 Å². The van der Waals surface area contributed by atoms with Crippen molar-refractivity contribution >= 4 is 50.5 Å². The topological polar surface area (TPSA) is 86.8 Å². The van der Waals surface area contributed by atoms with E-state index in [1.54, 1.807) is 5.38 Å². The average molecular weight is 446 g/mol. The van der Waals surface area contributed by atoms with Gasteiger partial charge in [0.1, 0.15) is 17.7 Å². The molecule has 3 rings (SSSR count). The van der Waals surface area contributed by atoms with Gasteiger partial charge >= 0.3 is 0 Å². The summed E-state index contributed by atoms with van der Waals surface area (Å²) in [5.41, 5.74) is 0.320. The number of sulfonamides is 1. The number of thiophene rings is 1. The molecule has 0 unspecified atom stereocenters. The van der Waals surface area contributed by atoms with Crippen molar-refractivity contribution < 1.29 is 22.4 Å². The highest BCUT2D eigenvalue weighted by molar-refractivity contribution is 7.89. The second kappa shape index (κ2) is 8.56. The Bertz CT molecular complexity index is 951. The summed E-state index contributed by atoms with van der Waals surface area (Å²) in [6.45, 7) is -0.0283. The maximum atomic E-state index is 13.1. The zero-order chi connectivity index (χ0) is 20.3. The Labute approximate surface area is 170 Å². The lowest BCUT2D eigenvalue weighted by Crippen LogP contribution is -2.60. The smallest absolute Gasteiger partial charge is 0.244 e. The van der Waals surface area contributed by atoms with Crippen molar-refractivity contribution in [3.63, 3.8) is 0 Å². The lowest BCUT2D eigenvalue weighted by atomic mass is 10.2. The first kappa shape index (κ1) is 20.7. The first-order valence-corrected chi connectivity index (χ1v) is 11.2. The van der Waals surface area contributed by atoms with Crippen molar-refractivity contribution in [2.24, 2.45) is 0 Å². The molecule has 0 radical (unpaired) electrons. The molecule has 2 heterocycles. The van der Waals surface area contributed by atoms with Crippen LogP contribution in [-0.2, 0) is 19.6 Å². The van der Waals surface area contributed by atoms with Crippen molar-refractivity contribution in [2.45, 2.75) is 10.9 Å². The average Bonchev–Trinajstić information content (AvgIpc) is 3.24. The molecule has 0 saturated carbocycles. The zero-order valence-corrected chi connectivity index (χ0v) is 16.9. The van der Waals surface area contributed by atoms with Crippen molar-refractivity contribution in [2.75, 3.05) is 30.8 Å². The van der Waals surface area contributed by atoms with Crippen molar-refractivity contribution in [3.8, 4) is 0 Å². The Morgan fingerprint density at radius 3 is 2.54 bits per heavy atom. The number of amides is 2. The number of benzene rings is 1. The zero-order valence-electron chi connectivity index (χ0n) is 14.5. The van der Waals surface area contributed by atoms with E-state index in [9.17, 15) is 22.4 Å². The van der Waals surface area contributed by atoms with Crippen LogP contribution in [0.15, 0.2) is 46.0 Å². The molecular formula is C17H17ClFN3O4S2. The summed E-state index contributed by atoms with van der Waals surface area (Å²) in [4.78, 5) is 26.3. The lowest BCUT2D eigenvalue weighted by Gasteiger charge is -2.39. The molecule has 1 aliphatic heterocycles. The van der Waals surface area contributed by atoms with Crippen LogP contribution in [0.2, 0.25) is 0 Å². The van der Waals surface area contributed by atoms with E-state index in [0.717, 1.165) is 4.31 Å². The molecule has 150 valence electrons. The van der Waals surface area contributed by atoms with Crippen LogP contribution in [-0.4, -0.2) is 61.0 Å². The predicted molar refractivity (Wildman–Crippen MR) is 104 cm³/mol. The normalized spacial score (nSPS) is 18.1. The number of hydrogen-bond donors (Lipinski definition) is 1. The number of hydrogen-bond acceptors (Lipinski definition) is 5. The van der Waals surface area contributed by atoms with E-state index in [2.05, 4.69) is 5.32 Å². The van der Waals surface area contributed by atoms with Gasteiger partial charge in [-0.05, 0) is 35.7 Å². The van der Waals surface area contributed by atoms with Crippen molar-refractivity contribution in [1.29, 1.82) is 0 Å². The third kappa shape index (κ3) is 4.35. The highest BCUT2D eigenvalue weighted by Crippen LogP contribution is 2.24. The minimum absolute atomic E-state index is 0.0394. The Morgan fingerprint density at radius 1 is 1.21 bits per heavy atom.